The van der Waals surface area contributed by atoms with Gasteiger partial charge in [0.05, 0.1) is 5.92 Å². The van der Waals surface area contributed by atoms with Crippen molar-refractivity contribution in [3.8, 4) is 0 Å². The van der Waals surface area contributed by atoms with Crippen molar-refractivity contribution in [1.82, 2.24) is 0 Å². The lowest BCUT2D eigenvalue weighted by atomic mass is 9.94. The van der Waals surface area contributed by atoms with Crippen LogP contribution in [0.15, 0.2) is 0 Å². The van der Waals surface area contributed by atoms with Crippen molar-refractivity contribution < 1.29 is 24.2 Å². The van der Waals surface area contributed by atoms with Gasteiger partial charge in [0.25, 0.3) is 0 Å². The number of Topliss-reactive ketones (excluding diaryl/α,β-unsaturated/α-hetero) is 1. The fourth-order valence-corrected chi connectivity index (χ4v) is 3.70. The number of ether oxygens (including phenoxy) is 1. The largest absolute Gasteiger partial charge is 0.481 e. The minimum atomic E-state index is -0.961. The lowest BCUT2D eigenvalue weighted by Gasteiger charge is -2.23. The van der Waals surface area contributed by atoms with Gasteiger partial charge in [0.2, 0.25) is 0 Å². The quantitative estimate of drug-likeness (QED) is 0.159. The molecule has 1 atom stereocenters. The monoisotopic (exact) mass is 440 g/mol. The fourth-order valence-electron chi connectivity index (χ4n) is 3.70. The number of carbonyl (C=O) groups is 3. The molecule has 1 unspecified atom stereocenters. The molecule has 0 aliphatic rings. The van der Waals surface area contributed by atoms with Crippen LogP contribution in [-0.4, -0.2) is 28.4 Å². The van der Waals surface area contributed by atoms with E-state index in [1.807, 2.05) is 0 Å². The molecular formula is C26H48O5. The van der Waals surface area contributed by atoms with E-state index in [-0.39, 0.29) is 25.0 Å². The van der Waals surface area contributed by atoms with Gasteiger partial charge in [-0.1, -0.05) is 84.0 Å². The number of carboxylic acid groups (broad SMARTS) is 1. The van der Waals surface area contributed by atoms with E-state index in [2.05, 4.69) is 6.92 Å². The predicted octanol–water partition coefficient (Wildman–Crippen LogP) is 7.25. The van der Waals surface area contributed by atoms with Gasteiger partial charge in [-0.15, -0.1) is 0 Å². The van der Waals surface area contributed by atoms with Crippen molar-refractivity contribution >= 4 is 17.7 Å². The molecule has 0 aliphatic heterocycles. The molecule has 5 heteroatoms. The zero-order valence-corrected chi connectivity index (χ0v) is 20.7. The van der Waals surface area contributed by atoms with E-state index in [1.54, 1.807) is 20.8 Å². The minimum Gasteiger partial charge on any atom is -0.481 e. The van der Waals surface area contributed by atoms with Crippen LogP contribution < -0.4 is 0 Å². The number of carbonyl (C=O) groups excluding carboxylic acids is 2. The number of esters is 1. The molecule has 0 bridgehead atoms. The van der Waals surface area contributed by atoms with E-state index >= 15 is 0 Å². The number of hydrogen-bond acceptors (Lipinski definition) is 4. The topological polar surface area (TPSA) is 80.7 Å². The Bertz CT molecular complexity index is 493. The molecule has 0 aromatic rings. The van der Waals surface area contributed by atoms with Crippen LogP contribution >= 0.6 is 0 Å². The summed E-state index contributed by atoms with van der Waals surface area (Å²) in [6, 6.07) is 0. The maximum atomic E-state index is 12.3. The molecule has 0 fully saturated rings. The first kappa shape index (κ1) is 29.6. The molecule has 0 saturated carbocycles. The molecule has 1 N–H and O–H groups in total. The zero-order valence-electron chi connectivity index (χ0n) is 20.7. The third-order valence-electron chi connectivity index (χ3n) is 5.48. The first-order valence-electron chi connectivity index (χ1n) is 12.6. The second-order valence-electron chi connectivity index (χ2n) is 9.90. The van der Waals surface area contributed by atoms with Gasteiger partial charge in [-0.05, 0) is 33.6 Å². The molecule has 0 radical (unpaired) electrons. The maximum Gasteiger partial charge on any atom is 0.309 e. The third kappa shape index (κ3) is 20.3. The molecule has 0 aromatic carbocycles. The van der Waals surface area contributed by atoms with Gasteiger partial charge in [-0.2, -0.15) is 0 Å². The lowest BCUT2D eigenvalue weighted by molar-refractivity contribution is -0.161. The van der Waals surface area contributed by atoms with Crippen molar-refractivity contribution in [2.45, 2.75) is 142 Å². The molecular weight excluding hydrogens is 392 g/mol. The first-order chi connectivity index (χ1) is 14.7. The second-order valence-corrected chi connectivity index (χ2v) is 9.90. The van der Waals surface area contributed by atoms with Gasteiger partial charge in [-0.3, -0.25) is 14.4 Å². The van der Waals surface area contributed by atoms with Crippen molar-refractivity contribution in [3.63, 3.8) is 0 Å². The second kappa shape index (κ2) is 18.2. The van der Waals surface area contributed by atoms with Crippen LogP contribution in [0.25, 0.3) is 0 Å². The van der Waals surface area contributed by atoms with Crippen molar-refractivity contribution in [1.29, 1.82) is 0 Å². The highest BCUT2D eigenvalue weighted by molar-refractivity contribution is 5.84. The smallest absolute Gasteiger partial charge is 0.309 e. The molecule has 0 heterocycles. The van der Waals surface area contributed by atoms with Crippen molar-refractivity contribution in [2.75, 3.05) is 0 Å². The van der Waals surface area contributed by atoms with Crippen LogP contribution in [0.4, 0.5) is 0 Å². The van der Waals surface area contributed by atoms with Crippen LogP contribution in [0.3, 0.4) is 0 Å². The number of rotatable bonds is 20. The average Bonchev–Trinajstić information content (AvgIpc) is 2.67. The van der Waals surface area contributed by atoms with Crippen molar-refractivity contribution in [3.05, 3.63) is 0 Å². The Morgan fingerprint density at radius 2 is 1.19 bits per heavy atom. The Morgan fingerprint density at radius 1 is 0.742 bits per heavy atom. The van der Waals surface area contributed by atoms with Gasteiger partial charge in [0.1, 0.15) is 11.4 Å². The Balaban J connectivity index is 3.89. The maximum absolute atomic E-state index is 12.3. The van der Waals surface area contributed by atoms with E-state index in [4.69, 9.17) is 9.84 Å². The molecule has 0 aliphatic carbocycles. The van der Waals surface area contributed by atoms with Gasteiger partial charge in [0.15, 0.2) is 0 Å². The molecule has 31 heavy (non-hydrogen) atoms. The Kier molecular flexibility index (Phi) is 17.4. The zero-order chi connectivity index (χ0) is 23.5. The molecule has 0 saturated heterocycles. The van der Waals surface area contributed by atoms with E-state index in [9.17, 15) is 14.4 Å². The van der Waals surface area contributed by atoms with Crippen LogP contribution in [0.5, 0.6) is 0 Å². The number of ketones is 1. The molecule has 0 rings (SSSR count). The first-order valence-corrected chi connectivity index (χ1v) is 12.6. The minimum absolute atomic E-state index is 0.0318. The van der Waals surface area contributed by atoms with Gasteiger partial charge >= 0.3 is 11.9 Å². The third-order valence-corrected chi connectivity index (χ3v) is 5.48. The van der Waals surface area contributed by atoms with E-state index in [1.165, 1.54) is 64.2 Å². The predicted molar refractivity (Wildman–Crippen MR) is 126 cm³/mol. The highest BCUT2D eigenvalue weighted by Crippen LogP contribution is 2.20. The van der Waals surface area contributed by atoms with Crippen LogP contribution in [0.1, 0.15) is 137 Å². The normalized spacial score (nSPS) is 12.5. The summed E-state index contributed by atoms with van der Waals surface area (Å²) in [5.41, 5.74) is -0.642. The molecule has 5 nitrogen and oxygen atoms in total. The Hall–Kier alpha value is -1.39. The summed E-state index contributed by atoms with van der Waals surface area (Å²) >= 11 is 0. The average molecular weight is 441 g/mol. The highest BCUT2D eigenvalue weighted by atomic mass is 16.6. The summed E-state index contributed by atoms with van der Waals surface area (Å²) in [7, 11) is 0. The molecule has 0 amide bonds. The fraction of sp³-hybridized carbons (Fsp3) is 0.885. The Labute approximate surface area is 190 Å². The van der Waals surface area contributed by atoms with Gasteiger partial charge in [0, 0.05) is 19.3 Å². The summed E-state index contributed by atoms with van der Waals surface area (Å²) in [5, 5.41) is 8.91. The summed E-state index contributed by atoms with van der Waals surface area (Å²) in [5.74, 6) is -2.06. The number of carboxylic acids is 1. The standard InChI is InChI=1S/C26H48O5/c1-5-6-7-8-9-10-11-12-13-14-15-16-17-18-23(27)21-22(19-20-24(28)29)25(30)31-26(2,3)4/h22H,5-21H2,1-4H3,(H,28,29). The Morgan fingerprint density at radius 3 is 1.61 bits per heavy atom. The van der Waals surface area contributed by atoms with E-state index in [0.29, 0.717) is 6.42 Å². The molecule has 0 spiro atoms. The van der Waals surface area contributed by atoms with Crippen LogP contribution in [-0.2, 0) is 19.1 Å². The van der Waals surface area contributed by atoms with Crippen LogP contribution in [0, 0.1) is 5.92 Å². The van der Waals surface area contributed by atoms with Gasteiger partial charge < -0.3 is 9.84 Å². The number of hydrogen-bond donors (Lipinski definition) is 1. The van der Waals surface area contributed by atoms with E-state index in [0.717, 1.165) is 19.3 Å². The summed E-state index contributed by atoms with van der Waals surface area (Å²) in [6.45, 7) is 7.57. The van der Waals surface area contributed by atoms with Crippen LogP contribution in [0.2, 0.25) is 0 Å². The number of unbranched alkanes of at least 4 members (excludes halogenated alkanes) is 12. The lowest BCUT2D eigenvalue weighted by Crippen LogP contribution is -2.30. The summed E-state index contributed by atoms with van der Waals surface area (Å²) in [4.78, 5) is 35.5. The SMILES string of the molecule is CCCCCCCCCCCCCCCC(=O)CC(CCC(=O)O)C(=O)OC(C)(C)C. The highest BCUT2D eigenvalue weighted by Gasteiger charge is 2.27. The van der Waals surface area contributed by atoms with Gasteiger partial charge in [-0.25, -0.2) is 0 Å². The molecule has 182 valence electrons. The van der Waals surface area contributed by atoms with Crippen molar-refractivity contribution in [2.24, 2.45) is 5.92 Å². The summed E-state index contributed by atoms with van der Waals surface area (Å²) < 4.78 is 5.37. The molecule has 0 aromatic heterocycles. The number of aliphatic carboxylic acids is 1. The summed E-state index contributed by atoms with van der Waals surface area (Å²) in [6.07, 6.45) is 16.9. The van der Waals surface area contributed by atoms with E-state index < -0.39 is 23.5 Å².